The van der Waals surface area contributed by atoms with Gasteiger partial charge in [0.15, 0.2) is 6.61 Å². The molecule has 2 aromatic heterocycles. The molecule has 2 aromatic rings. The standard InChI is InChI=1S/C23H26BrF3N4O3/c1-13-10-16(31-20(32)34-22(5,6)7)18(21(2,3)4)30-14(13)8-9-15-17(24)19(29-12-28-15)33-11-23(25,26)27/h10,12H,11H2,1-7H3,(H,31,32). The van der Waals surface area contributed by atoms with Gasteiger partial charge >= 0.3 is 12.3 Å². The number of nitrogens with one attached hydrogen (secondary N) is 1. The van der Waals surface area contributed by atoms with Crippen molar-refractivity contribution in [3.63, 3.8) is 0 Å². The van der Waals surface area contributed by atoms with E-state index < -0.39 is 29.9 Å². The van der Waals surface area contributed by atoms with Crippen LogP contribution in [0.2, 0.25) is 0 Å². The van der Waals surface area contributed by atoms with Crippen LogP contribution < -0.4 is 10.1 Å². The van der Waals surface area contributed by atoms with E-state index in [0.717, 1.165) is 6.33 Å². The van der Waals surface area contributed by atoms with Crippen molar-refractivity contribution in [1.82, 2.24) is 15.0 Å². The molecule has 0 saturated heterocycles. The molecular formula is C23H26BrF3N4O3. The summed E-state index contributed by atoms with van der Waals surface area (Å²) in [7, 11) is 0. The van der Waals surface area contributed by atoms with E-state index in [1.165, 1.54) is 0 Å². The van der Waals surface area contributed by atoms with Gasteiger partial charge in [-0.25, -0.2) is 19.7 Å². The third kappa shape index (κ3) is 8.17. The maximum Gasteiger partial charge on any atom is 0.422 e. The minimum Gasteiger partial charge on any atom is -0.467 e. The number of ether oxygens (including phenoxy) is 2. The van der Waals surface area contributed by atoms with Crippen molar-refractivity contribution in [2.45, 2.75) is 65.7 Å². The van der Waals surface area contributed by atoms with Crippen LogP contribution in [0.25, 0.3) is 0 Å². The van der Waals surface area contributed by atoms with Gasteiger partial charge in [0.25, 0.3) is 0 Å². The summed E-state index contributed by atoms with van der Waals surface area (Å²) >= 11 is 3.15. The Hall–Kier alpha value is -2.87. The van der Waals surface area contributed by atoms with Crippen LogP contribution in [0.3, 0.4) is 0 Å². The quantitative estimate of drug-likeness (QED) is 0.484. The molecule has 11 heteroatoms. The van der Waals surface area contributed by atoms with Gasteiger partial charge in [-0.2, -0.15) is 13.2 Å². The summed E-state index contributed by atoms with van der Waals surface area (Å²) in [6.07, 6.45) is -4.04. The van der Waals surface area contributed by atoms with Gasteiger partial charge in [-0.3, -0.25) is 5.32 Å². The molecule has 184 valence electrons. The zero-order chi connectivity index (χ0) is 25.9. The van der Waals surface area contributed by atoms with E-state index in [4.69, 9.17) is 9.47 Å². The van der Waals surface area contributed by atoms with Gasteiger partial charge < -0.3 is 9.47 Å². The summed E-state index contributed by atoms with van der Waals surface area (Å²) in [6, 6.07) is 1.74. The van der Waals surface area contributed by atoms with Crippen LogP contribution >= 0.6 is 15.9 Å². The van der Waals surface area contributed by atoms with Crippen molar-refractivity contribution in [3.8, 4) is 17.7 Å². The number of carbonyl (C=O) groups excluding carboxylic acids is 1. The summed E-state index contributed by atoms with van der Waals surface area (Å²) in [5.74, 6) is 5.42. The van der Waals surface area contributed by atoms with Gasteiger partial charge in [0, 0.05) is 5.41 Å². The predicted octanol–water partition coefficient (Wildman–Crippen LogP) is 5.93. The smallest absolute Gasteiger partial charge is 0.422 e. The number of amides is 1. The van der Waals surface area contributed by atoms with Crippen LogP contribution in [0.1, 0.15) is 64.2 Å². The summed E-state index contributed by atoms with van der Waals surface area (Å²) < 4.78 is 47.5. The predicted molar refractivity (Wildman–Crippen MR) is 125 cm³/mol. The highest BCUT2D eigenvalue weighted by Gasteiger charge is 2.29. The van der Waals surface area contributed by atoms with Crippen LogP contribution in [0.4, 0.5) is 23.7 Å². The first kappa shape index (κ1) is 27.4. The van der Waals surface area contributed by atoms with Gasteiger partial charge in [-0.15, -0.1) is 0 Å². The average Bonchev–Trinajstić information content (AvgIpc) is 2.64. The Morgan fingerprint density at radius 2 is 1.71 bits per heavy atom. The summed E-state index contributed by atoms with van der Waals surface area (Å²) in [5.41, 5.74) is 1.21. The first-order chi connectivity index (χ1) is 15.5. The van der Waals surface area contributed by atoms with E-state index in [-0.39, 0.29) is 16.0 Å². The second-order valence-corrected chi connectivity index (χ2v) is 10.2. The number of rotatable bonds is 3. The number of anilines is 1. The Kier molecular flexibility index (Phi) is 8.19. The van der Waals surface area contributed by atoms with E-state index >= 15 is 0 Å². The summed E-state index contributed by atoms with van der Waals surface area (Å²) in [6.45, 7) is 11.4. The summed E-state index contributed by atoms with van der Waals surface area (Å²) in [4.78, 5) is 24.7. The average molecular weight is 543 g/mol. The van der Waals surface area contributed by atoms with Crippen molar-refractivity contribution < 1.29 is 27.4 Å². The molecule has 0 unspecified atom stereocenters. The molecule has 2 heterocycles. The van der Waals surface area contributed by atoms with E-state index in [1.54, 1.807) is 33.8 Å². The zero-order valence-electron chi connectivity index (χ0n) is 19.9. The van der Waals surface area contributed by atoms with Crippen LogP contribution in [-0.4, -0.2) is 39.4 Å². The second-order valence-electron chi connectivity index (χ2n) is 9.42. The lowest BCUT2D eigenvalue weighted by Crippen LogP contribution is -2.28. The van der Waals surface area contributed by atoms with E-state index in [0.29, 0.717) is 22.6 Å². The van der Waals surface area contributed by atoms with Crippen LogP contribution in [-0.2, 0) is 10.2 Å². The highest BCUT2D eigenvalue weighted by Crippen LogP contribution is 2.30. The highest BCUT2D eigenvalue weighted by atomic mass is 79.9. The van der Waals surface area contributed by atoms with Crippen molar-refractivity contribution in [2.24, 2.45) is 0 Å². The SMILES string of the molecule is Cc1cc(NC(=O)OC(C)(C)C)c(C(C)(C)C)nc1C#Cc1ncnc(OCC(F)(F)F)c1Br. The number of nitrogens with zero attached hydrogens (tertiary/aromatic N) is 3. The van der Waals surface area contributed by atoms with Crippen molar-refractivity contribution in [1.29, 1.82) is 0 Å². The fourth-order valence-electron chi connectivity index (χ4n) is 2.63. The monoisotopic (exact) mass is 542 g/mol. The Morgan fingerprint density at radius 1 is 1.09 bits per heavy atom. The lowest BCUT2D eigenvalue weighted by atomic mass is 9.89. The third-order valence-electron chi connectivity index (χ3n) is 3.99. The molecule has 2 rings (SSSR count). The van der Waals surface area contributed by atoms with Gasteiger partial charge in [0.1, 0.15) is 27.8 Å². The number of hydrogen-bond donors (Lipinski definition) is 1. The Bertz CT molecular complexity index is 1130. The molecule has 0 saturated carbocycles. The molecule has 0 spiro atoms. The van der Waals surface area contributed by atoms with E-state index in [2.05, 4.69) is 48.0 Å². The molecule has 0 aromatic carbocycles. The first-order valence-corrected chi connectivity index (χ1v) is 11.0. The molecule has 0 aliphatic carbocycles. The molecule has 0 fully saturated rings. The molecule has 34 heavy (non-hydrogen) atoms. The van der Waals surface area contributed by atoms with Gasteiger partial charge in [0.05, 0.1) is 11.4 Å². The highest BCUT2D eigenvalue weighted by molar-refractivity contribution is 9.10. The minimum absolute atomic E-state index is 0.101. The van der Waals surface area contributed by atoms with Crippen LogP contribution in [0, 0.1) is 18.8 Å². The number of aromatic nitrogens is 3. The molecule has 0 aliphatic rings. The topological polar surface area (TPSA) is 86.2 Å². The molecule has 7 nitrogen and oxygen atoms in total. The zero-order valence-corrected chi connectivity index (χ0v) is 21.5. The number of halogens is 4. The second kappa shape index (κ2) is 10.2. The minimum atomic E-state index is -4.50. The van der Waals surface area contributed by atoms with Gasteiger partial charge in [0.2, 0.25) is 5.88 Å². The van der Waals surface area contributed by atoms with Crippen LogP contribution in [0.15, 0.2) is 16.9 Å². The lowest BCUT2D eigenvalue weighted by molar-refractivity contribution is -0.154. The maximum absolute atomic E-state index is 12.5. The van der Waals surface area contributed by atoms with E-state index in [9.17, 15) is 18.0 Å². The molecule has 1 N–H and O–H groups in total. The molecule has 1 amide bonds. The Balaban J connectivity index is 2.41. The number of pyridine rings is 1. The van der Waals surface area contributed by atoms with E-state index in [1.807, 2.05) is 20.8 Å². The molecule has 0 aliphatic heterocycles. The normalized spacial score (nSPS) is 12.0. The third-order valence-corrected chi connectivity index (χ3v) is 4.70. The van der Waals surface area contributed by atoms with Gasteiger partial charge in [-0.05, 0) is 67.1 Å². The number of carbonyl (C=O) groups is 1. The number of aryl methyl sites for hydroxylation is 1. The van der Waals surface area contributed by atoms with Gasteiger partial charge in [-0.1, -0.05) is 20.8 Å². The fourth-order valence-corrected chi connectivity index (χ4v) is 3.05. The van der Waals surface area contributed by atoms with Crippen LogP contribution in [0.5, 0.6) is 5.88 Å². The Morgan fingerprint density at radius 3 is 2.26 bits per heavy atom. The number of hydrogen-bond acceptors (Lipinski definition) is 6. The van der Waals surface area contributed by atoms with Crippen molar-refractivity contribution >= 4 is 27.7 Å². The Labute approximate surface area is 205 Å². The molecular weight excluding hydrogens is 517 g/mol. The summed E-state index contributed by atoms with van der Waals surface area (Å²) in [5, 5.41) is 2.75. The first-order valence-electron chi connectivity index (χ1n) is 10.2. The molecule has 0 bridgehead atoms. The number of alkyl halides is 3. The molecule has 0 atom stereocenters. The van der Waals surface area contributed by atoms with Crippen molar-refractivity contribution in [3.05, 3.63) is 39.5 Å². The maximum atomic E-state index is 12.5. The van der Waals surface area contributed by atoms with Crippen molar-refractivity contribution in [2.75, 3.05) is 11.9 Å². The lowest BCUT2D eigenvalue weighted by Gasteiger charge is -2.24. The largest absolute Gasteiger partial charge is 0.467 e. The molecule has 0 radical (unpaired) electrons. The fraction of sp³-hybridized carbons (Fsp3) is 0.478.